The van der Waals surface area contributed by atoms with E-state index in [-0.39, 0.29) is 23.6 Å². The number of rotatable bonds is 5. The van der Waals surface area contributed by atoms with Gasteiger partial charge in [-0.05, 0) is 51.0 Å². The van der Waals surface area contributed by atoms with Gasteiger partial charge in [-0.25, -0.2) is 0 Å². The van der Waals surface area contributed by atoms with E-state index in [2.05, 4.69) is 0 Å². The van der Waals surface area contributed by atoms with Crippen LogP contribution in [-0.4, -0.2) is 41.8 Å². The first-order chi connectivity index (χ1) is 13.8. The zero-order valence-electron chi connectivity index (χ0n) is 16.6. The summed E-state index contributed by atoms with van der Waals surface area (Å²) in [4.78, 5) is 39.2. The van der Waals surface area contributed by atoms with Crippen LogP contribution in [0.15, 0.2) is 48.5 Å². The number of esters is 1. The fourth-order valence-electron chi connectivity index (χ4n) is 3.37. The van der Waals surface area contributed by atoms with Crippen LogP contribution < -0.4 is 0 Å². The Morgan fingerprint density at radius 2 is 1.52 bits per heavy atom. The van der Waals surface area contributed by atoms with E-state index in [1.165, 1.54) is 0 Å². The number of nitrogens with zero attached hydrogens (tertiary/aromatic N) is 1. The van der Waals surface area contributed by atoms with Gasteiger partial charge in [0.1, 0.15) is 0 Å². The molecule has 0 spiro atoms. The Kier molecular flexibility index (Phi) is 6.70. The molecule has 2 aromatic rings. The Hall–Kier alpha value is -2.66. The first kappa shape index (κ1) is 21.1. The summed E-state index contributed by atoms with van der Waals surface area (Å²) >= 11 is 5.87. The number of piperidine rings is 1. The maximum Gasteiger partial charge on any atom is 0.309 e. The molecule has 1 atom stereocenters. The van der Waals surface area contributed by atoms with E-state index in [9.17, 15) is 14.4 Å². The molecule has 152 valence electrons. The van der Waals surface area contributed by atoms with Gasteiger partial charge in [0.15, 0.2) is 6.10 Å². The van der Waals surface area contributed by atoms with Gasteiger partial charge in [-0.15, -0.1) is 0 Å². The molecule has 1 aliphatic rings. The molecule has 0 aliphatic carbocycles. The third-order valence-corrected chi connectivity index (χ3v) is 5.46. The molecular weight excluding hydrogens is 390 g/mol. The minimum absolute atomic E-state index is 0.0728. The number of likely N-dealkylation sites (tertiary alicyclic amines) is 1. The molecule has 0 bridgehead atoms. The van der Waals surface area contributed by atoms with E-state index in [0.717, 1.165) is 5.56 Å². The third kappa shape index (κ3) is 5.24. The normalized spacial score (nSPS) is 15.6. The van der Waals surface area contributed by atoms with E-state index < -0.39 is 6.10 Å². The van der Waals surface area contributed by atoms with Crippen LogP contribution in [0.4, 0.5) is 0 Å². The minimum atomic E-state index is -0.834. The van der Waals surface area contributed by atoms with Gasteiger partial charge in [0, 0.05) is 29.2 Å². The highest BCUT2D eigenvalue weighted by atomic mass is 35.5. The quantitative estimate of drug-likeness (QED) is 0.541. The maximum absolute atomic E-state index is 12.6. The molecule has 6 heteroatoms. The summed E-state index contributed by atoms with van der Waals surface area (Å²) < 4.78 is 5.42. The van der Waals surface area contributed by atoms with Crippen molar-refractivity contribution in [1.82, 2.24) is 4.90 Å². The van der Waals surface area contributed by atoms with Crippen LogP contribution in [0.2, 0.25) is 5.02 Å². The van der Waals surface area contributed by atoms with E-state index in [1.54, 1.807) is 48.2 Å². The summed E-state index contributed by atoms with van der Waals surface area (Å²) in [6, 6.07) is 14.0. The number of carbonyl (C=O) groups is 3. The first-order valence-corrected chi connectivity index (χ1v) is 10.1. The number of hydrogen-bond donors (Lipinski definition) is 0. The molecule has 0 saturated carbocycles. The second-order valence-electron chi connectivity index (χ2n) is 7.38. The summed E-state index contributed by atoms with van der Waals surface area (Å²) in [5.74, 6) is -0.973. The second kappa shape index (κ2) is 9.23. The van der Waals surface area contributed by atoms with Crippen molar-refractivity contribution in [1.29, 1.82) is 0 Å². The molecule has 5 nitrogen and oxygen atoms in total. The highest BCUT2D eigenvalue weighted by Gasteiger charge is 2.31. The number of halogens is 1. The largest absolute Gasteiger partial charge is 0.454 e. The van der Waals surface area contributed by atoms with E-state index >= 15 is 0 Å². The molecule has 0 aromatic heterocycles. The summed E-state index contributed by atoms with van der Waals surface area (Å²) in [7, 11) is 0. The molecule has 1 heterocycles. The van der Waals surface area contributed by atoms with Crippen LogP contribution >= 0.6 is 11.6 Å². The van der Waals surface area contributed by atoms with Crippen LogP contribution in [0.1, 0.15) is 46.0 Å². The van der Waals surface area contributed by atoms with Crippen molar-refractivity contribution >= 4 is 29.3 Å². The fourth-order valence-corrected chi connectivity index (χ4v) is 3.50. The maximum atomic E-state index is 12.6. The van der Waals surface area contributed by atoms with E-state index in [1.807, 2.05) is 19.1 Å². The average molecular weight is 414 g/mol. The Morgan fingerprint density at radius 3 is 2.10 bits per heavy atom. The molecule has 1 saturated heterocycles. The molecular formula is C23H24ClNO4. The van der Waals surface area contributed by atoms with Crippen molar-refractivity contribution in [3.8, 4) is 0 Å². The topological polar surface area (TPSA) is 63.7 Å². The van der Waals surface area contributed by atoms with Crippen molar-refractivity contribution in [2.75, 3.05) is 13.1 Å². The monoisotopic (exact) mass is 413 g/mol. The predicted octanol–water partition coefficient (Wildman–Crippen LogP) is 4.32. The highest BCUT2D eigenvalue weighted by Crippen LogP contribution is 2.22. The lowest BCUT2D eigenvalue weighted by Crippen LogP contribution is -2.41. The average Bonchev–Trinajstić information content (AvgIpc) is 2.74. The number of ketones is 1. The van der Waals surface area contributed by atoms with Crippen LogP contribution in [0.5, 0.6) is 0 Å². The SMILES string of the molecule is Cc1ccc(C(=O)C(C)OC(=O)C2CCN(C(=O)c3ccc(Cl)cc3)CC2)cc1. The Morgan fingerprint density at radius 1 is 0.966 bits per heavy atom. The molecule has 1 unspecified atom stereocenters. The van der Waals surface area contributed by atoms with Gasteiger partial charge >= 0.3 is 5.97 Å². The molecule has 1 aliphatic heterocycles. The second-order valence-corrected chi connectivity index (χ2v) is 7.82. The number of carbonyl (C=O) groups excluding carboxylic acids is 3. The third-order valence-electron chi connectivity index (χ3n) is 5.20. The van der Waals surface area contributed by atoms with Crippen molar-refractivity contribution < 1.29 is 19.1 Å². The molecule has 3 rings (SSSR count). The van der Waals surface area contributed by atoms with Crippen molar-refractivity contribution in [2.24, 2.45) is 5.92 Å². The zero-order valence-corrected chi connectivity index (χ0v) is 17.3. The lowest BCUT2D eigenvalue weighted by Gasteiger charge is -2.31. The number of benzene rings is 2. The van der Waals surface area contributed by atoms with E-state index in [0.29, 0.717) is 42.1 Å². The lowest BCUT2D eigenvalue weighted by atomic mass is 9.96. The Balaban J connectivity index is 1.51. The zero-order chi connectivity index (χ0) is 21.0. The Labute approximate surface area is 175 Å². The molecule has 0 radical (unpaired) electrons. The van der Waals surface area contributed by atoms with Crippen LogP contribution in [0.25, 0.3) is 0 Å². The van der Waals surface area contributed by atoms with Crippen molar-refractivity contribution in [3.63, 3.8) is 0 Å². The first-order valence-electron chi connectivity index (χ1n) is 9.71. The highest BCUT2D eigenvalue weighted by molar-refractivity contribution is 6.30. The summed E-state index contributed by atoms with van der Waals surface area (Å²) in [5, 5.41) is 0.581. The number of Topliss-reactive ketones (excluding diaryl/α,β-unsaturated/α-hetero) is 1. The number of hydrogen-bond acceptors (Lipinski definition) is 4. The molecule has 2 aromatic carbocycles. The molecule has 1 fully saturated rings. The lowest BCUT2D eigenvalue weighted by molar-refractivity contribution is -0.152. The summed E-state index contributed by atoms with van der Waals surface area (Å²) in [5.41, 5.74) is 2.16. The van der Waals surface area contributed by atoms with Gasteiger partial charge in [-0.3, -0.25) is 14.4 Å². The molecule has 29 heavy (non-hydrogen) atoms. The van der Waals surface area contributed by atoms with Gasteiger partial charge in [0.25, 0.3) is 5.91 Å². The minimum Gasteiger partial charge on any atom is -0.454 e. The van der Waals surface area contributed by atoms with Crippen molar-refractivity contribution in [2.45, 2.75) is 32.8 Å². The van der Waals surface area contributed by atoms with Gasteiger partial charge in [0.2, 0.25) is 5.78 Å². The summed E-state index contributed by atoms with van der Waals surface area (Å²) in [6.45, 7) is 4.49. The smallest absolute Gasteiger partial charge is 0.309 e. The van der Waals surface area contributed by atoms with Crippen LogP contribution in [-0.2, 0) is 9.53 Å². The van der Waals surface area contributed by atoms with Crippen LogP contribution in [0.3, 0.4) is 0 Å². The molecule has 0 N–H and O–H groups in total. The van der Waals surface area contributed by atoms with Gasteiger partial charge in [0.05, 0.1) is 5.92 Å². The fraction of sp³-hybridized carbons (Fsp3) is 0.348. The summed E-state index contributed by atoms with van der Waals surface area (Å²) in [6.07, 6.45) is 0.201. The van der Waals surface area contributed by atoms with E-state index in [4.69, 9.17) is 16.3 Å². The van der Waals surface area contributed by atoms with Crippen molar-refractivity contribution in [3.05, 3.63) is 70.2 Å². The van der Waals surface area contributed by atoms with Gasteiger partial charge in [-0.1, -0.05) is 41.4 Å². The number of ether oxygens (including phenoxy) is 1. The van der Waals surface area contributed by atoms with Gasteiger partial charge < -0.3 is 9.64 Å². The standard InChI is InChI=1S/C23H24ClNO4/c1-15-3-5-17(6-4-15)21(26)16(2)29-23(28)19-11-13-25(14-12-19)22(27)18-7-9-20(24)10-8-18/h3-10,16,19H,11-14H2,1-2H3. The number of amides is 1. The molecule has 1 amide bonds. The number of aryl methyl sites for hydroxylation is 1. The van der Waals surface area contributed by atoms with Crippen LogP contribution in [0, 0.1) is 12.8 Å². The van der Waals surface area contributed by atoms with Gasteiger partial charge in [-0.2, -0.15) is 0 Å². The predicted molar refractivity (Wildman–Crippen MR) is 111 cm³/mol. The Bertz CT molecular complexity index is 884.